The van der Waals surface area contributed by atoms with E-state index >= 15 is 0 Å². The standard InChI is InChI=1S/C12H25Si.3ClH/c1-2-3-4-5-6-7-8-9-10-11-12-13;;;/h2-12H2,1H3;3*1H/p-3. The molecule has 0 heterocycles. The fraction of sp³-hybridized carbons (Fsp3) is 1.00. The van der Waals surface area contributed by atoms with E-state index < -0.39 is 0 Å². The van der Waals surface area contributed by atoms with Crippen molar-refractivity contribution in [2.24, 2.45) is 0 Å². The van der Waals surface area contributed by atoms with Gasteiger partial charge in [0.1, 0.15) is 0 Å². The fourth-order valence-electron chi connectivity index (χ4n) is 1.61. The van der Waals surface area contributed by atoms with Gasteiger partial charge in [0.25, 0.3) is 0 Å². The zero-order valence-corrected chi connectivity index (χ0v) is 13.7. The molecule has 101 valence electrons. The van der Waals surface area contributed by atoms with Crippen LogP contribution in [0.15, 0.2) is 0 Å². The molecule has 0 aliphatic carbocycles. The number of hydrogen-bond acceptors (Lipinski definition) is 0. The van der Waals surface area contributed by atoms with Crippen molar-refractivity contribution in [3.05, 3.63) is 0 Å². The molecule has 0 aromatic rings. The Kier molecular flexibility index (Phi) is 40.4. The van der Waals surface area contributed by atoms with E-state index in [1.807, 2.05) is 0 Å². The lowest BCUT2D eigenvalue weighted by atomic mass is 10.1. The van der Waals surface area contributed by atoms with Gasteiger partial charge in [0, 0.05) is 10.2 Å². The van der Waals surface area contributed by atoms with E-state index in [9.17, 15) is 0 Å². The molecule has 0 spiro atoms. The van der Waals surface area contributed by atoms with Crippen LogP contribution in [0.25, 0.3) is 0 Å². The Bertz CT molecular complexity index is 82.3. The molecule has 16 heavy (non-hydrogen) atoms. The van der Waals surface area contributed by atoms with Crippen molar-refractivity contribution in [2.45, 2.75) is 77.2 Å². The number of rotatable bonds is 10. The van der Waals surface area contributed by atoms with Crippen molar-refractivity contribution in [3.8, 4) is 0 Å². The van der Waals surface area contributed by atoms with Crippen molar-refractivity contribution >= 4 is 10.2 Å². The van der Waals surface area contributed by atoms with E-state index in [1.165, 1.54) is 70.3 Å². The van der Waals surface area contributed by atoms with Crippen molar-refractivity contribution in [1.29, 1.82) is 0 Å². The van der Waals surface area contributed by atoms with Crippen LogP contribution in [0.3, 0.4) is 0 Å². The normalized spacial score (nSPS) is 8.62. The van der Waals surface area contributed by atoms with Crippen LogP contribution in [0.1, 0.15) is 71.1 Å². The third-order valence-corrected chi connectivity index (χ3v) is 2.88. The summed E-state index contributed by atoms with van der Waals surface area (Å²) in [6.07, 6.45) is 14.3. The highest BCUT2D eigenvalue weighted by Gasteiger charge is 1.90. The fourth-order valence-corrected chi connectivity index (χ4v) is 1.86. The van der Waals surface area contributed by atoms with Crippen LogP contribution in [-0.2, 0) is 0 Å². The van der Waals surface area contributed by atoms with Gasteiger partial charge in [-0.2, -0.15) is 0 Å². The number of unbranched alkanes of at least 4 members (excludes halogenated alkanes) is 9. The van der Waals surface area contributed by atoms with Crippen LogP contribution >= 0.6 is 0 Å². The maximum Gasteiger partial charge on any atom is 0.0222 e. The lowest BCUT2D eigenvalue weighted by Gasteiger charge is -2.00. The molecule has 3 radical (unpaired) electrons. The van der Waals surface area contributed by atoms with Gasteiger partial charge in [0.05, 0.1) is 0 Å². The zero-order chi connectivity index (χ0) is 9.78. The van der Waals surface area contributed by atoms with Gasteiger partial charge in [0.2, 0.25) is 0 Å². The van der Waals surface area contributed by atoms with Crippen LogP contribution in [0.2, 0.25) is 6.04 Å². The summed E-state index contributed by atoms with van der Waals surface area (Å²) in [6, 6.07) is 1.18. The van der Waals surface area contributed by atoms with Crippen molar-refractivity contribution in [2.75, 3.05) is 0 Å². The Hall–Kier alpha value is 1.09. The molecule has 0 bridgehead atoms. The zero-order valence-electron chi connectivity index (χ0n) is 10.4. The highest BCUT2D eigenvalue weighted by atomic mass is 35.5. The maximum atomic E-state index is 3.50. The van der Waals surface area contributed by atoms with Crippen molar-refractivity contribution in [3.63, 3.8) is 0 Å². The van der Waals surface area contributed by atoms with Gasteiger partial charge < -0.3 is 37.2 Å². The summed E-state index contributed by atoms with van der Waals surface area (Å²) in [5.41, 5.74) is 0. The van der Waals surface area contributed by atoms with Gasteiger partial charge in [0.15, 0.2) is 0 Å². The minimum absolute atomic E-state index is 0. The average molecular weight is 304 g/mol. The van der Waals surface area contributed by atoms with Crippen LogP contribution in [-0.4, -0.2) is 10.2 Å². The van der Waals surface area contributed by atoms with Crippen LogP contribution in [0.5, 0.6) is 0 Å². The summed E-state index contributed by atoms with van der Waals surface area (Å²) in [4.78, 5) is 0. The Morgan fingerprint density at radius 2 is 0.875 bits per heavy atom. The summed E-state index contributed by atoms with van der Waals surface area (Å²) in [7, 11) is 3.50. The largest absolute Gasteiger partial charge is 1.00 e. The van der Waals surface area contributed by atoms with E-state index in [0.29, 0.717) is 0 Å². The molecule has 4 heteroatoms. The molecule has 0 nitrogen and oxygen atoms in total. The van der Waals surface area contributed by atoms with Crippen LogP contribution < -0.4 is 37.2 Å². The third kappa shape index (κ3) is 24.4. The number of halogens is 3. The van der Waals surface area contributed by atoms with Gasteiger partial charge in [-0.3, -0.25) is 0 Å². The van der Waals surface area contributed by atoms with Crippen molar-refractivity contribution in [1.82, 2.24) is 0 Å². The van der Waals surface area contributed by atoms with Gasteiger partial charge in [-0.25, -0.2) is 0 Å². The summed E-state index contributed by atoms with van der Waals surface area (Å²) in [6.45, 7) is 2.28. The average Bonchev–Trinajstić information content (AvgIpc) is 2.16. The third-order valence-electron chi connectivity index (χ3n) is 2.53. The first-order valence-electron chi connectivity index (χ1n) is 6.06. The van der Waals surface area contributed by atoms with E-state index in [2.05, 4.69) is 17.2 Å². The van der Waals surface area contributed by atoms with E-state index in [-0.39, 0.29) is 37.2 Å². The Balaban J connectivity index is -0.000000240. The molecule has 0 aliphatic heterocycles. The highest BCUT2D eigenvalue weighted by molar-refractivity contribution is 6.08. The molecule has 0 saturated carbocycles. The quantitative estimate of drug-likeness (QED) is 0.282. The molecule has 0 N–H and O–H groups in total. The smallest absolute Gasteiger partial charge is 0.0222 e. The molecule has 0 saturated heterocycles. The highest BCUT2D eigenvalue weighted by Crippen LogP contribution is 2.10. The molecule has 0 aromatic carbocycles. The molecular formula is C12H25Cl3Si-3. The molecular weight excluding hydrogens is 279 g/mol. The molecule has 0 aromatic heterocycles. The summed E-state index contributed by atoms with van der Waals surface area (Å²) < 4.78 is 0. The van der Waals surface area contributed by atoms with Gasteiger partial charge in [-0.05, 0) is 0 Å². The second-order valence-corrected chi connectivity index (χ2v) is 4.43. The minimum atomic E-state index is 0. The number of hydrogen-bond donors (Lipinski definition) is 0. The predicted octanol–water partition coefficient (Wildman–Crippen LogP) is -4.49. The van der Waals surface area contributed by atoms with Gasteiger partial charge >= 0.3 is 0 Å². The van der Waals surface area contributed by atoms with E-state index in [0.717, 1.165) is 0 Å². The monoisotopic (exact) mass is 302 g/mol. The first kappa shape index (κ1) is 25.8. The second-order valence-electron chi connectivity index (χ2n) is 3.93. The van der Waals surface area contributed by atoms with Crippen molar-refractivity contribution < 1.29 is 37.2 Å². The summed E-state index contributed by atoms with van der Waals surface area (Å²) in [5, 5.41) is 0. The molecule has 0 amide bonds. The molecule has 0 aliphatic rings. The Labute approximate surface area is 124 Å². The molecule has 0 fully saturated rings. The SMILES string of the molecule is CCCCCCCCCCCC[Si].[Cl-].[Cl-].[Cl-]. The minimum Gasteiger partial charge on any atom is -1.00 e. The van der Waals surface area contributed by atoms with Crippen LogP contribution in [0, 0.1) is 0 Å². The van der Waals surface area contributed by atoms with Gasteiger partial charge in [-0.1, -0.05) is 77.2 Å². The van der Waals surface area contributed by atoms with Crippen LogP contribution in [0.4, 0.5) is 0 Å². The molecule has 0 unspecified atom stereocenters. The Morgan fingerprint density at radius 1 is 0.562 bits per heavy atom. The summed E-state index contributed by atoms with van der Waals surface area (Å²) in [5.74, 6) is 0. The molecule has 0 rings (SSSR count). The van der Waals surface area contributed by atoms with E-state index in [1.54, 1.807) is 0 Å². The molecule has 0 atom stereocenters. The maximum absolute atomic E-state index is 3.50. The first-order valence-corrected chi connectivity index (χ1v) is 6.77. The predicted molar refractivity (Wildman–Crippen MR) is 62.4 cm³/mol. The first-order chi connectivity index (χ1) is 6.41. The Morgan fingerprint density at radius 3 is 1.19 bits per heavy atom. The topological polar surface area (TPSA) is 0 Å². The van der Waals surface area contributed by atoms with E-state index in [4.69, 9.17) is 0 Å². The lowest BCUT2D eigenvalue weighted by Crippen LogP contribution is -3.00. The lowest BCUT2D eigenvalue weighted by molar-refractivity contribution is -0.00100. The summed E-state index contributed by atoms with van der Waals surface area (Å²) >= 11 is 0. The van der Waals surface area contributed by atoms with Gasteiger partial charge in [-0.15, -0.1) is 0 Å². The second kappa shape index (κ2) is 25.1.